The van der Waals surface area contributed by atoms with Gasteiger partial charge in [0.15, 0.2) is 0 Å². The summed E-state index contributed by atoms with van der Waals surface area (Å²) in [4.78, 5) is 24.0. The molecule has 2 unspecified atom stereocenters. The fourth-order valence-electron chi connectivity index (χ4n) is 2.60. The largest absolute Gasteiger partial charge is 0.376 e. The minimum Gasteiger partial charge on any atom is -0.376 e. The number of ether oxygens (including phenoxy) is 2. The van der Waals surface area contributed by atoms with E-state index in [9.17, 15) is 9.59 Å². The van der Waals surface area contributed by atoms with Gasteiger partial charge in [-0.1, -0.05) is 6.07 Å². The Labute approximate surface area is 147 Å². The number of hydrogen-bond acceptors (Lipinski definition) is 4. The molecule has 3 N–H and O–H groups in total. The van der Waals surface area contributed by atoms with E-state index in [-0.39, 0.29) is 18.0 Å². The number of hydrogen-bond donors (Lipinski definition) is 3. The van der Waals surface area contributed by atoms with Crippen molar-refractivity contribution in [3.63, 3.8) is 0 Å². The highest BCUT2D eigenvalue weighted by atomic mass is 16.5. The Kier molecular flexibility index (Phi) is 5.88. The van der Waals surface area contributed by atoms with Crippen LogP contribution in [0.5, 0.6) is 0 Å². The first-order chi connectivity index (χ1) is 12.1. The molecule has 1 saturated heterocycles. The summed E-state index contributed by atoms with van der Waals surface area (Å²) in [6, 6.07) is 7.12. The first-order valence-corrected chi connectivity index (χ1v) is 8.82. The van der Waals surface area contributed by atoms with Crippen molar-refractivity contribution >= 4 is 23.3 Å². The van der Waals surface area contributed by atoms with Crippen LogP contribution in [0.3, 0.4) is 0 Å². The number of nitrogens with one attached hydrogen (secondary N) is 3. The highest BCUT2D eigenvalue weighted by Crippen LogP contribution is 2.20. The molecule has 2 atom stereocenters. The summed E-state index contributed by atoms with van der Waals surface area (Å²) >= 11 is 0. The Morgan fingerprint density at radius 3 is 2.68 bits per heavy atom. The fourth-order valence-corrected chi connectivity index (χ4v) is 2.60. The van der Waals surface area contributed by atoms with Gasteiger partial charge in [-0.05, 0) is 50.8 Å². The maximum absolute atomic E-state index is 12.2. The lowest BCUT2D eigenvalue weighted by molar-refractivity contribution is -0.128. The number of carbonyl (C=O) groups is 2. The third kappa shape index (κ3) is 5.72. The van der Waals surface area contributed by atoms with Crippen molar-refractivity contribution in [2.24, 2.45) is 0 Å². The first-order valence-electron chi connectivity index (χ1n) is 8.82. The number of benzene rings is 1. The van der Waals surface area contributed by atoms with Gasteiger partial charge in [0.25, 0.3) is 5.91 Å². The van der Waals surface area contributed by atoms with Crippen molar-refractivity contribution < 1.29 is 19.1 Å². The molecule has 0 spiro atoms. The van der Waals surface area contributed by atoms with Crippen LogP contribution in [-0.4, -0.2) is 43.4 Å². The predicted octanol–water partition coefficient (Wildman–Crippen LogP) is 2.49. The molecule has 1 aliphatic carbocycles. The van der Waals surface area contributed by atoms with Gasteiger partial charge >= 0.3 is 6.03 Å². The molecular formula is C18H25N3O4. The van der Waals surface area contributed by atoms with E-state index in [4.69, 9.17) is 9.47 Å². The Morgan fingerprint density at radius 2 is 2.00 bits per heavy atom. The molecule has 3 rings (SSSR count). The molecule has 25 heavy (non-hydrogen) atoms. The summed E-state index contributed by atoms with van der Waals surface area (Å²) in [6.45, 7) is 2.91. The molecule has 2 aliphatic rings. The molecule has 0 aromatic heterocycles. The number of amides is 3. The second-order valence-electron chi connectivity index (χ2n) is 6.55. The van der Waals surface area contributed by atoms with Crippen LogP contribution in [0.4, 0.5) is 16.2 Å². The lowest BCUT2D eigenvalue weighted by atomic mass is 10.2. The number of carbonyl (C=O) groups excluding carboxylic acids is 2. The van der Waals surface area contributed by atoms with Crippen molar-refractivity contribution in [1.82, 2.24) is 5.32 Å². The summed E-state index contributed by atoms with van der Waals surface area (Å²) < 4.78 is 11.1. The van der Waals surface area contributed by atoms with Crippen LogP contribution >= 0.6 is 0 Å². The zero-order valence-corrected chi connectivity index (χ0v) is 14.4. The van der Waals surface area contributed by atoms with Crippen LogP contribution in [0.2, 0.25) is 0 Å². The molecule has 1 aromatic rings. The SMILES string of the molecule is CC(OCC1CCCO1)C(=O)Nc1cccc(NC(=O)NC2CC2)c1. The lowest BCUT2D eigenvalue weighted by Crippen LogP contribution is -2.31. The average Bonchev–Trinajstić information content (AvgIpc) is 3.23. The Balaban J connectivity index is 1.46. The smallest absolute Gasteiger partial charge is 0.319 e. The number of anilines is 2. The Bertz CT molecular complexity index is 612. The number of urea groups is 1. The lowest BCUT2D eigenvalue weighted by Gasteiger charge is -2.16. The van der Waals surface area contributed by atoms with Crippen molar-refractivity contribution in [3.05, 3.63) is 24.3 Å². The van der Waals surface area contributed by atoms with Gasteiger partial charge < -0.3 is 25.4 Å². The molecule has 1 heterocycles. The maximum atomic E-state index is 12.2. The molecular weight excluding hydrogens is 322 g/mol. The van der Waals surface area contributed by atoms with Gasteiger partial charge in [0.2, 0.25) is 0 Å². The standard InChI is InChI=1S/C18H25N3O4/c1-12(25-11-16-6-3-9-24-16)17(22)19-14-4-2-5-15(10-14)21-18(23)20-13-7-8-13/h2,4-5,10,12-13,16H,3,6-9,11H2,1H3,(H,19,22)(H2,20,21,23). The topological polar surface area (TPSA) is 88.7 Å². The van der Waals surface area contributed by atoms with Gasteiger partial charge in [-0.15, -0.1) is 0 Å². The molecule has 1 saturated carbocycles. The minimum atomic E-state index is -0.570. The summed E-state index contributed by atoms with van der Waals surface area (Å²) in [5.74, 6) is -0.224. The Morgan fingerprint density at radius 1 is 1.24 bits per heavy atom. The molecule has 7 nitrogen and oxygen atoms in total. The predicted molar refractivity (Wildman–Crippen MR) is 94.6 cm³/mol. The third-order valence-electron chi connectivity index (χ3n) is 4.23. The number of rotatable bonds is 7. The fraction of sp³-hybridized carbons (Fsp3) is 0.556. The average molecular weight is 347 g/mol. The second kappa shape index (κ2) is 8.31. The van der Waals surface area contributed by atoms with Crippen molar-refractivity contribution in [2.45, 2.75) is 50.9 Å². The van der Waals surface area contributed by atoms with Gasteiger partial charge in [-0.3, -0.25) is 4.79 Å². The van der Waals surface area contributed by atoms with Crippen LogP contribution < -0.4 is 16.0 Å². The second-order valence-corrected chi connectivity index (χ2v) is 6.55. The molecule has 0 bridgehead atoms. The summed E-state index contributed by atoms with van der Waals surface area (Å²) in [7, 11) is 0. The zero-order valence-electron chi connectivity index (χ0n) is 14.4. The van der Waals surface area contributed by atoms with Gasteiger partial charge in [0.05, 0.1) is 12.7 Å². The van der Waals surface area contributed by atoms with Crippen LogP contribution in [-0.2, 0) is 14.3 Å². The van der Waals surface area contributed by atoms with E-state index in [1.807, 2.05) is 0 Å². The van der Waals surface area contributed by atoms with Gasteiger partial charge in [-0.2, -0.15) is 0 Å². The van der Waals surface area contributed by atoms with E-state index >= 15 is 0 Å². The van der Waals surface area contributed by atoms with Gasteiger partial charge in [0, 0.05) is 24.0 Å². The molecule has 1 aromatic carbocycles. The molecule has 7 heteroatoms. The van der Waals surface area contributed by atoms with Crippen LogP contribution in [0.1, 0.15) is 32.6 Å². The van der Waals surface area contributed by atoms with E-state index in [0.29, 0.717) is 24.0 Å². The van der Waals surface area contributed by atoms with Gasteiger partial charge in [-0.25, -0.2) is 4.79 Å². The molecule has 0 radical (unpaired) electrons. The molecule has 136 valence electrons. The normalized spacial score (nSPS) is 20.8. The molecule has 1 aliphatic heterocycles. The van der Waals surface area contributed by atoms with Crippen LogP contribution in [0.25, 0.3) is 0 Å². The maximum Gasteiger partial charge on any atom is 0.319 e. The van der Waals surface area contributed by atoms with Crippen LogP contribution in [0, 0.1) is 0 Å². The summed E-state index contributed by atoms with van der Waals surface area (Å²) in [5.41, 5.74) is 1.24. The highest BCUT2D eigenvalue weighted by molar-refractivity contribution is 5.95. The minimum absolute atomic E-state index is 0.0905. The van der Waals surface area contributed by atoms with E-state index < -0.39 is 6.10 Å². The van der Waals surface area contributed by atoms with Crippen LogP contribution in [0.15, 0.2) is 24.3 Å². The summed E-state index contributed by atoms with van der Waals surface area (Å²) in [6.07, 6.45) is 3.61. The highest BCUT2D eigenvalue weighted by Gasteiger charge is 2.23. The van der Waals surface area contributed by atoms with E-state index in [0.717, 1.165) is 32.3 Å². The summed E-state index contributed by atoms with van der Waals surface area (Å²) in [5, 5.41) is 8.43. The molecule has 2 fully saturated rings. The zero-order chi connectivity index (χ0) is 17.6. The monoisotopic (exact) mass is 347 g/mol. The molecule has 3 amide bonds. The third-order valence-corrected chi connectivity index (χ3v) is 4.23. The first kappa shape index (κ1) is 17.7. The Hall–Kier alpha value is -2.12. The quantitative estimate of drug-likeness (QED) is 0.707. The van der Waals surface area contributed by atoms with Gasteiger partial charge in [0.1, 0.15) is 6.10 Å². The van der Waals surface area contributed by atoms with Crippen molar-refractivity contribution in [2.75, 3.05) is 23.8 Å². The van der Waals surface area contributed by atoms with E-state index in [1.54, 1.807) is 31.2 Å². The van der Waals surface area contributed by atoms with Crippen molar-refractivity contribution in [1.29, 1.82) is 0 Å². The van der Waals surface area contributed by atoms with E-state index in [2.05, 4.69) is 16.0 Å². The van der Waals surface area contributed by atoms with Crippen molar-refractivity contribution in [3.8, 4) is 0 Å². The van der Waals surface area contributed by atoms with E-state index in [1.165, 1.54) is 0 Å².